The van der Waals surface area contributed by atoms with Gasteiger partial charge in [-0.3, -0.25) is 4.98 Å². The fourth-order valence-electron chi connectivity index (χ4n) is 2.24. The van der Waals surface area contributed by atoms with E-state index in [9.17, 15) is 4.39 Å². The summed E-state index contributed by atoms with van der Waals surface area (Å²) in [5, 5.41) is 3.10. The molecular weight excluding hydrogens is 259 g/mol. The summed E-state index contributed by atoms with van der Waals surface area (Å²) in [5.41, 5.74) is 1.25. The van der Waals surface area contributed by atoms with E-state index in [2.05, 4.69) is 10.3 Å². The van der Waals surface area contributed by atoms with E-state index < -0.39 is 0 Å². The molecule has 1 atom stereocenters. The number of aromatic nitrogens is 1. The Bertz CT molecular complexity index is 568. The van der Waals surface area contributed by atoms with Crippen molar-refractivity contribution in [3.63, 3.8) is 0 Å². The van der Waals surface area contributed by atoms with Crippen LogP contribution in [0.25, 0.3) is 0 Å². The van der Waals surface area contributed by atoms with E-state index >= 15 is 0 Å². The number of pyridine rings is 1. The van der Waals surface area contributed by atoms with Crippen molar-refractivity contribution < 1.29 is 13.9 Å². The first-order valence-electron chi connectivity index (χ1n) is 6.20. The molecule has 0 saturated heterocycles. The van der Waals surface area contributed by atoms with Crippen LogP contribution in [0.15, 0.2) is 36.7 Å². The standard InChI is InChI=1S/C15H17FN2O2/c1-17-15(10-7-8-18-9-11(10)16)14-12(19-2)5-4-6-13(14)20-3/h4-9,15,17H,1-3H3. The molecule has 2 rings (SSSR count). The maximum atomic E-state index is 14.0. The smallest absolute Gasteiger partial charge is 0.146 e. The zero-order valence-electron chi connectivity index (χ0n) is 11.7. The van der Waals surface area contributed by atoms with Crippen molar-refractivity contribution in [2.75, 3.05) is 21.3 Å². The third-order valence-corrected chi connectivity index (χ3v) is 3.16. The van der Waals surface area contributed by atoms with Gasteiger partial charge in [0.15, 0.2) is 0 Å². The van der Waals surface area contributed by atoms with Gasteiger partial charge < -0.3 is 14.8 Å². The van der Waals surface area contributed by atoms with Crippen LogP contribution in [0.3, 0.4) is 0 Å². The summed E-state index contributed by atoms with van der Waals surface area (Å²) in [6, 6.07) is 6.73. The van der Waals surface area contributed by atoms with Gasteiger partial charge in [0.2, 0.25) is 0 Å². The summed E-state index contributed by atoms with van der Waals surface area (Å²) in [6.45, 7) is 0. The molecule has 1 heterocycles. The van der Waals surface area contributed by atoms with Gasteiger partial charge in [0.05, 0.1) is 32.0 Å². The number of halogens is 1. The van der Waals surface area contributed by atoms with E-state index in [-0.39, 0.29) is 11.9 Å². The minimum Gasteiger partial charge on any atom is -0.496 e. The van der Waals surface area contributed by atoms with E-state index in [0.29, 0.717) is 17.1 Å². The molecule has 1 aromatic heterocycles. The van der Waals surface area contributed by atoms with Crippen molar-refractivity contribution in [3.05, 3.63) is 53.6 Å². The Labute approximate surface area is 117 Å². The fraction of sp³-hybridized carbons (Fsp3) is 0.267. The van der Waals surface area contributed by atoms with E-state index in [0.717, 1.165) is 5.56 Å². The van der Waals surface area contributed by atoms with Gasteiger partial charge in [-0.1, -0.05) is 6.07 Å². The van der Waals surface area contributed by atoms with E-state index in [1.54, 1.807) is 33.5 Å². The molecule has 1 unspecified atom stereocenters. The quantitative estimate of drug-likeness (QED) is 0.911. The molecule has 4 nitrogen and oxygen atoms in total. The van der Waals surface area contributed by atoms with Crippen LogP contribution in [-0.4, -0.2) is 26.3 Å². The second-order valence-electron chi connectivity index (χ2n) is 4.20. The van der Waals surface area contributed by atoms with Crippen molar-refractivity contribution in [1.82, 2.24) is 10.3 Å². The maximum Gasteiger partial charge on any atom is 0.146 e. The van der Waals surface area contributed by atoms with Gasteiger partial charge in [-0.2, -0.15) is 0 Å². The lowest BCUT2D eigenvalue weighted by molar-refractivity contribution is 0.377. The van der Waals surface area contributed by atoms with Crippen molar-refractivity contribution >= 4 is 0 Å². The van der Waals surface area contributed by atoms with Gasteiger partial charge in [0.25, 0.3) is 0 Å². The number of methoxy groups -OCH3 is 2. The van der Waals surface area contributed by atoms with Crippen LogP contribution in [0.5, 0.6) is 11.5 Å². The number of nitrogens with zero attached hydrogens (tertiary/aromatic N) is 1. The Morgan fingerprint density at radius 2 is 1.80 bits per heavy atom. The van der Waals surface area contributed by atoms with Crippen molar-refractivity contribution in [2.24, 2.45) is 0 Å². The van der Waals surface area contributed by atoms with Crippen molar-refractivity contribution in [3.8, 4) is 11.5 Å². The van der Waals surface area contributed by atoms with Gasteiger partial charge in [-0.05, 0) is 25.2 Å². The number of rotatable bonds is 5. The van der Waals surface area contributed by atoms with Gasteiger partial charge in [-0.25, -0.2) is 4.39 Å². The average molecular weight is 276 g/mol. The first-order valence-corrected chi connectivity index (χ1v) is 6.20. The molecule has 5 heteroatoms. The lowest BCUT2D eigenvalue weighted by Gasteiger charge is -2.22. The summed E-state index contributed by atoms with van der Waals surface area (Å²) >= 11 is 0. The van der Waals surface area contributed by atoms with Crippen molar-refractivity contribution in [1.29, 1.82) is 0 Å². The number of hydrogen-bond acceptors (Lipinski definition) is 4. The molecule has 0 aliphatic heterocycles. The zero-order valence-corrected chi connectivity index (χ0v) is 11.7. The third-order valence-electron chi connectivity index (χ3n) is 3.16. The molecule has 0 aliphatic rings. The predicted molar refractivity (Wildman–Crippen MR) is 74.6 cm³/mol. The maximum absolute atomic E-state index is 14.0. The van der Waals surface area contributed by atoms with Crippen LogP contribution in [0.1, 0.15) is 17.2 Å². The van der Waals surface area contributed by atoms with E-state index in [1.165, 1.54) is 6.20 Å². The van der Waals surface area contributed by atoms with E-state index in [4.69, 9.17) is 9.47 Å². The highest BCUT2D eigenvalue weighted by Crippen LogP contribution is 2.37. The molecule has 0 bridgehead atoms. The topological polar surface area (TPSA) is 43.4 Å². The van der Waals surface area contributed by atoms with Crippen LogP contribution < -0.4 is 14.8 Å². The largest absolute Gasteiger partial charge is 0.496 e. The Morgan fingerprint density at radius 3 is 2.30 bits per heavy atom. The van der Waals surface area contributed by atoms with Crippen LogP contribution in [0.2, 0.25) is 0 Å². The monoisotopic (exact) mass is 276 g/mol. The summed E-state index contributed by atoms with van der Waals surface area (Å²) in [7, 11) is 4.91. The molecule has 2 aromatic rings. The lowest BCUT2D eigenvalue weighted by atomic mass is 9.97. The van der Waals surface area contributed by atoms with Gasteiger partial charge in [0, 0.05) is 11.8 Å². The van der Waals surface area contributed by atoms with Crippen molar-refractivity contribution in [2.45, 2.75) is 6.04 Å². The van der Waals surface area contributed by atoms with Gasteiger partial charge in [0.1, 0.15) is 17.3 Å². The SMILES string of the molecule is CNC(c1ccncc1F)c1c(OC)cccc1OC. The first-order chi connectivity index (χ1) is 9.72. The minimum atomic E-state index is -0.385. The molecule has 0 spiro atoms. The molecular formula is C15H17FN2O2. The highest BCUT2D eigenvalue weighted by Gasteiger charge is 2.23. The van der Waals surface area contributed by atoms with Crippen LogP contribution in [-0.2, 0) is 0 Å². The van der Waals surface area contributed by atoms with Gasteiger partial charge >= 0.3 is 0 Å². The summed E-state index contributed by atoms with van der Waals surface area (Å²) in [6.07, 6.45) is 2.76. The number of benzene rings is 1. The fourth-order valence-corrected chi connectivity index (χ4v) is 2.24. The van der Waals surface area contributed by atoms with Crippen LogP contribution >= 0.6 is 0 Å². The Balaban J connectivity index is 2.60. The molecule has 0 amide bonds. The average Bonchev–Trinajstić information content (AvgIpc) is 2.49. The molecule has 0 radical (unpaired) electrons. The Kier molecular flexibility index (Phi) is 4.53. The highest BCUT2D eigenvalue weighted by molar-refractivity contribution is 5.50. The Hall–Kier alpha value is -2.14. The third kappa shape index (κ3) is 2.58. The predicted octanol–water partition coefficient (Wildman–Crippen LogP) is 2.55. The molecule has 20 heavy (non-hydrogen) atoms. The minimum absolute atomic E-state index is 0.375. The first kappa shape index (κ1) is 14.3. The molecule has 106 valence electrons. The normalized spacial score (nSPS) is 12.0. The number of ether oxygens (including phenoxy) is 2. The van der Waals surface area contributed by atoms with E-state index in [1.807, 2.05) is 18.2 Å². The molecule has 0 saturated carbocycles. The second-order valence-corrected chi connectivity index (χ2v) is 4.20. The molecule has 0 aliphatic carbocycles. The number of hydrogen-bond donors (Lipinski definition) is 1. The summed E-state index contributed by atoms with van der Waals surface area (Å²) in [5.74, 6) is 0.902. The van der Waals surface area contributed by atoms with Crippen LogP contribution in [0, 0.1) is 5.82 Å². The lowest BCUT2D eigenvalue weighted by Crippen LogP contribution is -2.20. The molecule has 1 N–H and O–H groups in total. The molecule has 1 aromatic carbocycles. The highest BCUT2D eigenvalue weighted by atomic mass is 19.1. The Morgan fingerprint density at radius 1 is 1.15 bits per heavy atom. The second kappa shape index (κ2) is 6.34. The molecule has 0 fully saturated rings. The number of nitrogens with one attached hydrogen (secondary N) is 1. The summed E-state index contributed by atoms with van der Waals surface area (Å²) in [4.78, 5) is 3.78. The summed E-state index contributed by atoms with van der Waals surface area (Å²) < 4.78 is 24.7. The zero-order chi connectivity index (χ0) is 14.5. The van der Waals surface area contributed by atoms with Gasteiger partial charge in [-0.15, -0.1) is 0 Å². The van der Waals surface area contributed by atoms with Crippen LogP contribution in [0.4, 0.5) is 4.39 Å².